The molecule has 1 aliphatic carbocycles. The second-order valence-corrected chi connectivity index (χ2v) is 12.9. The van der Waals surface area contributed by atoms with Crippen molar-refractivity contribution >= 4 is 27.5 Å². The van der Waals surface area contributed by atoms with Crippen LogP contribution in [0.25, 0.3) is 22.6 Å². The molecule has 0 radical (unpaired) electrons. The van der Waals surface area contributed by atoms with Crippen LogP contribution in [0.2, 0.25) is 0 Å². The first-order valence-corrected chi connectivity index (χ1v) is 15.7. The quantitative estimate of drug-likeness (QED) is 0.219. The number of rotatable bonds is 5. The highest BCUT2D eigenvalue weighted by molar-refractivity contribution is 9.10. The summed E-state index contributed by atoms with van der Waals surface area (Å²) in [5, 5.41) is 4.74. The van der Waals surface area contributed by atoms with Gasteiger partial charge in [0.1, 0.15) is 5.65 Å². The number of imidazole rings is 1. The van der Waals surface area contributed by atoms with Crippen molar-refractivity contribution in [3.05, 3.63) is 103 Å². The number of hydrogen-bond donors (Lipinski definition) is 1. The van der Waals surface area contributed by atoms with Gasteiger partial charge in [0.25, 0.3) is 11.5 Å². The molecule has 1 fully saturated rings. The van der Waals surface area contributed by atoms with Gasteiger partial charge in [-0.3, -0.25) is 14.2 Å². The van der Waals surface area contributed by atoms with Crippen molar-refractivity contribution in [1.82, 2.24) is 29.0 Å². The van der Waals surface area contributed by atoms with Crippen LogP contribution in [0.5, 0.6) is 0 Å². The van der Waals surface area contributed by atoms with Gasteiger partial charge in [0.05, 0.1) is 47.4 Å². The van der Waals surface area contributed by atoms with Crippen LogP contribution in [0.1, 0.15) is 64.6 Å². The molecule has 2 aromatic carbocycles. The summed E-state index contributed by atoms with van der Waals surface area (Å²) < 4.78 is 44.2. The number of aryl methyl sites for hydroxylation is 1. The lowest BCUT2D eigenvalue weighted by atomic mass is 9.81. The molecule has 7 rings (SSSR count). The normalized spacial score (nSPS) is 17.0. The van der Waals surface area contributed by atoms with Crippen molar-refractivity contribution < 1.29 is 18.0 Å². The van der Waals surface area contributed by atoms with Gasteiger partial charge in [-0.2, -0.15) is 18.3 Å². The lowest BCUT2D eigenvalue weighted by Crippen LogP contribution is -2.46. The molecule has 2 aliphatic rings. The highest BCUT2D eigenvalue weighted by Crippen LogP contribution is 2.37. The predicted octanol–water partition coefficient (Wildman–Crippen LogP) is 6.89. The minimum Gasteiger partial charge on any atom is -0.344 e. The fourth-order valence-corrected chi connectivity index (χ4v) is 6.99. The summed E-state index contributed by atoms with van der Waals surface area (Å²) in [5.41, 5.74) is 5.00. The Morgan fingerprint density at radius 1 is 1.13 bits per heavy atom. The van der Waals surface area contributed by atoms with Crippen molar-refractivity contribution in [2.45, 2.75) is 64.7 Å². The Morgan fingerprint density at radius 3 is 2.53 bits per heavy atom. The minimum absolute atomic E-state index is 0.0436. The topological polar surface area (TPSA) is 88.3 Å². The molecule has 1 N–H and O–H groups in total. The summed E-state index contributed by atoms with van der Waals surface area (Å²) in [7, 11) is 0. The van der Waals surface area contributed by atoms with E-state index in [0.717, 1.165) is 47.8 Å². The highest BCUT2D eigenvalue weighted by atomic mass is 79.9. The average Bonchev–Trinajstić information content (AvgIpc) is 3.61. The van der Waals surface area contributed by atoms with Crippen LogP contribution < -0.4 is 5.56 Å². The number of fused-ring (bicyclic) bond motifs is 3. The molecule has 0 saturated heterocycles. The molecule has 5 aromatic rings. The van der Waals surface area contributed by atoms with Gasteiger partial charge in [-0.15, -0.1) is 0 Å². The first kappa shape index (κ1) is 29.5. The molecule has 1 atom stereocenters. The third kappa shape index (κ3) is 5.08. The summed E-state index contributed by atoms with van der Waals surface area (Å²) in [6.45, 7) is 3.78. The zero-order valence-electron chi connectivity index (χ0n) is 24.7. The fourth-order valence-electron chi connectivity index (χ4n) is 6.52. The van der Waals surface area contributed by atoms with Crippen molar-refractivity contribution in [2.24, 2.45) is 5.92 Å². The van der Waals surface area contributed by atoms with Crippen LogP contribution in [-0.2, 0) is 25.6 Å². The SMILES string of the molecule is Cc1nc[nH]c1-c1ccc(-n2c(=O)c3c(n4ncc(CC5CCC5)c24)CN(C(=O)c2ccc(Br)c(C(F)(F)F)c2)C(C)C3)cc1. The van der Waals surface area contributed by atoms with Crippen LogP contribution >= 0.6 is 15.9 Å². The van der Waals surface area contributed by atoms with E-state index >= 15 is 0 Å². The molecule has 1 unspecified atom stereocenters. The smallest absolute Gasteiger partial charge is 0.344 e. The third-order valence-electron chi connectivity index (χ3n) is 9.20. The lowest BCUT2D eigenvalue weighted by molar-refractivity contribution is -0.138. The number of alkyl halides is 3. The van der Waals surface area contributed by atoms with Crippen LogP contribution in [0.3, 0.4) is 0 Å². The number of carbonyl (C=O) groups is 1. The minimum atomic E-state index is -4.62. The molecule has 4 heterocycles. The Labute approximate surface area is 265 Å². The van der Waals surface area contributed by atoms with E-state index in [1.165, 1.54) is 23.5 Å². The summed E-state index contributed by atoms with van der Waals surface area (Å²) in [4.78, 5) is 37.0. The van der Waals surface area contributed by atoms with Crippen LogP contribution in [0, 0.1) is 12.8 Å². The molecule has 0 bridgehead atoms. The van der Waals surface area contributed by atoms with Gasteiger partial charge in [0.2, 0.25) is 0 Å². The zero-order valence-corrected chi connectivity index (χ0v) is 26.2. The Hall–Kier alpha value is -4.19. The number of aromatic amines is 1. The first-order chi connectivity index (χ1) is 21.5. The Balaban J connectivity index is 1.33. The van der Waals surface area contributed by atoms with Gasteiger partial charge in [0, 0.05) is 27.2 Å². The number of benzene rings is 2. The van der Waals surface area contributed by atoms with E-state index in [2.05, 4.69) is 25.9 Å². The largest absolute Gasteiger partial charge is 0.417 e. The zero-order chi connectivity index (χ0) is 31.6. The molecule has 8 nitrogen and oxygen atoms in total. The monoisotopic (exact) mass is 678 g/mol. The molecular formula is C33H30BrF3N6O2. The Morgan fingerprint density at radius 2 is 1.89 bits per heavy atom. The number of carbonyl (C=O) groups excluding carboxylic acids is 1. The maximum absolute atomic E-state index is 14.4. The molecule has 12 heteroatoms. The summed E-state index contributed by atoms with van der Waals surface area (Å²) in [5.74, 6) is -0.0170. The van der Waals surface area contributed by atoms with E-state index < -0.39 is 23.7 Å². The molecule has 1 amide bonds. The summed E-state index contributed by atoms with van der Waals surface area (Å²) in [6, 6.07) is 10.8. The van der Waals surface area contributed by atoms with E-state index in [1.807, 2.05) is 38.1 Å². The maximum atomic E-state index is 14.4. The van der Waals surface area contributed by atoms with Gasteiger partial charge in [-0.25, -0.2) is 9.50 Å². The first-order valence-electron chi connectivity index (χ1n) is 14.9. The van der Waals surface area contributed by atoms with Crippen LogP contribution in [0.15, 0.2) is 64.3 Å². The number of nitrogens with one attached hydrogen (secondary N) is 1. The van der Waals surface area contributed by atoms with Gasteiger partial charge < -0.3 is 9.88 Å². The van der Waals surface area contributed by atoms with Gasteiger partial charge in [-0.05, 0) is 68.5 Å². The number of hydrogen-bond acceptors (Lipinski definition) is 4. The molecule has 1 aliphatic heterocycles. The van der Waals surface area contributed by atoms with Crippen LogP contribution in [-0.4, -0.2) is 41.0 Å². The molecular weight excluding hydrogens is 649 g/mol. The Bertz CT molecular complexity index is 2010. The number of nitrogens with zero attached hydrogens (tertiary/aromatic N) is 5. The predicted molar refractivity (Wildman–Crippen MR) is 166 cm³/mol. The van der Waals surface area contributed by atoms with E-state index in [9.17, 15) is 22.8 Å². The number of halogens is 4. The molecule has 45 heavy (non-hydrogen) atoms. The average molecular weight is 680 g/mol. The number of H-pyrrole nitrogens is 1. The Kier molecular flexibility index (Phi) is 7.22. The molecule has 3 aromatic heterocycles. The lowest BCUT2D eigenvalue weighted by Gasteiger charge is -2.35. The van der Waals surface area contributed by atoms with Gasteiger partial charge in [-0.1, -0.05) is 47.3 Å². The fraction of sp³-hybridized carbons (Fsp3) is 0.333. The molecule has 0 spiro atoms. The van der Waals surface area contributed by atoms with E-state index in [1.54, 1.807) is 21.6 Å². The summed E-state index contributed by atoms with van der Waals surface area (Å²) >= 11 is 2.95. The van der Waals surface area contributed by atoms with Crippen molar-refractivity contribution in [2.75, 3.05) is 0 Å². The van der Waals surface area contributed by atoms with Crippen LogP contribution in [0.4, 0.5) is 13.2 Å². The number of amides is 1. The van der Waals surface area contributed by atoms with Gasteiger partial charge in [0.15, 0.2) is 0 Å². The van der Waals surface area contributed by atoms with Crippen molar-refractivity contribution in [1.29, 1.82) is 0 Å². The third-order valence-corrected chi connectivity index (χ3v) is 9.89. The van der Waals surface area contributed by atoms with E-state index in [-0.39, 0.29) is 28.6 Å². The standard InChI is InChI=1S/C33H30BrF3N6O2/c1-18-12-25-28(16-41(18)31(44)22-8-11-27(34)26(14-22)33(35,36)37)43-30(23(15-40-43)13-20-4-3-5-20)42(32(25)45)24-9-6-21(7-10-24)29-19(2)38-17-39-29/h6-11,14-15,17-18,20H,3-5,12-13,16H2,1-2H3,(H,38,39). The summed E-state index contributed by atoms with van der Waals surface area (Å²) in [6.07, 6.45) is 3.29. The molecule has 1 saturated carbocycles. The maximum Gasteiger partial charge on any atom is 0.417 e. The van der Waals surface area contributed by atoms with Gasteiger partial charge >= 0.3 is 6.18 Å². The molecule has 232 valence electrons. The second kappa shape index (κ2) is 11.0. The highest BCUT2D eigenvalue weighted by Gasteiger charge is 2.36. The van der Waals surface area contributed by atoms with Crippen molar-refractivity contribution in [3.8, 4) is 16.9 Å². The van der Waals surface area contributed by atoms with E-state index in [4.69, 9.17) is 5.10 Å². The van der Waals surface area contributed by atoms with E-state index in [0.29, 0.717) is 28.5 Å². The second-order valence-electron chi connectivity index (χ2n) is 12.1. The van der Waals surface area contributed by atoms with Crippen molar-refractivity contribution in [3.63, 3.8) is 0 Å². The number of aromatic nitrogens is 5.